The second kappa shape index (κ2) is 6.58. The van der Waals surface area contributed by atoms with Crippen molar-refractivity contribution in [2.24, 2.45) is 0 Å². The number of aryl methyl sites for hydroxylation is 2. The van der Waals surface area contributed by atoms with Gasteiger partial charge in [-0.2, -0.15) is 0 Å². The highest BCUT2D eigenvalue weighted by Crippen LogP contribution is 2.26. The minimum Gasteiger partial charge on any atom is -0.315 e. The number of hydrogen-bond acceptors (Lipinski definition) is 1. The van der Waals surface area contributed by atoms with Gasteiger partial charge in [0.15, 0.2) is 0 Å². The summed E-state index contributed by atoms with van der Waals surface area (Å²) >= 11 is 5.65. The first kappa shape index (κ1) is 15.5. The van der Waals surface area contributed by atoms with Gasteiger partial charge in [-0.3, -0.25) is 0 Å². The third kappa shape index (κ3) is 4.29. The van der Waals surface area contributed by atoms with Gasteiger partial charge in [-0.1, -0.05) is 32.9 Å². The van der Waals surface area contributed by atoms with E-state index in [4.69, 9.17) is 11.6 Å². The van der Waals surface area contributed by atoms with E-state index in [-0.39, 0.29) is 5.41 Å². The maximum absolute atomic E-state index is 5.65. The number of hydrogen-bond donors (Lipinski definition) is 1. The molecule has 1 aromatic carbocycles. The molecule has 0 saturated heterocycles. The van der Waals surface area contributed by atoms with Crippen molar-refractivity contribution in [1.29, 1.82) is 0 Å². The molecule has 0 aliphatic heterocycles. The van der Waals surface area contributed by atoms with Crippen LogP contribution in [0.15, 0.2) is 12.1 Å². The molecule has 0 saturated carbocycles. The van der Waals surface area contributed by atoms with Gasteiger partial charge in [0.25, 0.3) is 0 Å². The quantitative estimate of drug-likeness (QED) is 0.629. The summed E-state index contributed by atoms with van der Waals surface area (Å²) in [4.78, 5) is 0. The average Bonchev–Trinajstić information content (AvgIpc) is 2.25. The largest absolute Gasteiger partial charge is 0.315 e. The van der Waals surface area contributed by atoms with E-state index in [0.717, 1.165) is 19.5 Å². The summed E-state index contributed by atoms with van der Waals surface area (Å²) in [5, 5.41) is 3.35. The van der Waals surface area contributed by atoms with Gasteiger partial charge < -0.3 is 5.32 Å². The molecule has 1 aromatic rings. The number of nitrogens with one attached hydrogen (secondary N) is 1. The van der Waals surface area contributed by atoms with E-state index < -0.39 is 0 Å². The van der Waals surface area contributed by atoms with Crippen LogP contribution in [0.3, 0.4) is 0 Å². The minimum atomic E-state index is 0.227. The van der Waals surface area contributed by atoms with Crippen LogP contribution in [0.25, 0.3) is 0 Å². The summed E-state index contributed by atoms with van der Waals surface area (Å²) < 4.78 is 0. The van der Waals surface area contributed by atoms with Crippen LogP contribution in [0.5, 0.6) is 0 Å². The smallest absolute Gasteiger partial charge is 0.0348 e. The first-order valence-corrected chi connectivity index (χ1v) is 7.27. The van der Waals surface area contributed by atoms with Gasteiger partial charge >= 0.3 is 0 Å². The van der Waals surface area contributed by atoms with Crippen molar-refractivity contribution in [3.8, 4) is 0 Å². The predicted molar refractivity (Wildman–Crippen MR) is 81.9 cm³/mol. The molecule has 1 N–H and O–H groups in total. The van der Waals surface area contributed by atoms with Crippen LogP contribution >= 0.6 is 11.6 Å². The molecule has 102 valence electrons. The zero-order valence-corrected chi connectivity index (χ0v) is 13.1. The summed E-state index contributed by atoms with van der Waals surface area (Å²) in [6.07, 6.45) is 1.08. The highest BCUT2D eigenvalue weighted by Gasteiger charge is 2.15. The van der Waals surface area contributed by atoms with Gasteiger partial charge in [0.05, 0.1) is 0 Å². The molecule has 0 fully saturated rings. The van der Waals surface area contributed by atoms with E-state index in [9.17, 15) is 0 Å². The Balaban J connectivity index is 2.82. The Bertz CT molecular complexity index is 368. The molecule has 0 radical (unpaired) electrons. The van der Waals surface area contributed by atoms with Crippen molar-refractivity contribution in [2.75, 3.05) is 19.0 Å². The molecule has 0 aromatic heterocycles. The Morgan fingerprint density at radius 2 is 1.61 bits per heavy atom. The second-order valence-electron chi connectivity index (χ2n) is 6.03. The summed E-state index contributed by atoms with van der Waals surface area (Å²) in [5.41, 5.74) is 5.95. The molecular weight excluding hydrogens is 242 g/mol. The third-order valence-corrected chi connectivity index (χ3v) is 3.57. The molecular formula is C16H26ClN. The van der Waals surface area contributed by atoms with E-state index in [0.29, 0.717) is 5.88 Å². The van der Waals surface area contributed by atoms with Crippen molar-refractivity contribution in [3.05, 3.63) is 34.4 Å². The summed E-state index contributed by atoms with van der Waals surface area (Å²) in [5.74, 6) is 0.681. The Morgan fingerprint density at radius 1 is 1.06 bits per heavy atom. The Kier molecular flexibility index (Phi) is 5.68. The number of rotatable bonds is 5. The fourth-order valence-corrected chi connectivity index (χ4v) is 2.36. The molecule has 0 spiro atoms. The van der Waals surface area contributed by atoms with Crippen LogP contribution < -0.4 is 5.32 Å². The highest BCUT2D eigenvalue weighted by atomic mass is 35.5. The van der Waals surface area contributed by atoms with Crippen molar-refractivity contribution >= 4 is 11.6 Å². The molecule has 0 unspecified atom stereocenters. The predicted octanol–water partition coefficient (Wildman–Crippen LogP) is 3.97. The SMILES string of the molecule is Cc1cc(C(C)(C)C)cc(C)c1CCNCCCl. The molecule has 0 bridgehead atoms. The zero-order chi connectivity index (χ0) is 13.8. The van der Waals surface area contributed by atoms with Gasteiger partial charge in [0.2, 0.25) is 0 Å². The lowest BCUT2D eigenvalue weighted by Crippen LogP contribution is -2.20. The van der Waals surface area contributed by atoms with E-state index in [1.54, 1.807) is 0 Å². The fraction of sp³-hybridized carbons (Fsp3) is 0.625. The standard InChI is InChI=1S/C16H26ClN/c1-12-10-14(16(3,4)5)11-13(2)15(12)6-8-18-9-7-17/h10-11,18H,6-9H2,1-5H3. The lowest BCUT2D eigenvalue weighted by molar-refractivity contribution is 0.588. The first-order valence-electron chi connectivity index (χ1n) is 6.73. The zero-order valence-electron chi connectivity index (χ0n) is 12.4. The first-order chi connectivity index (χ1) is 8.36. The minimum absolute atomic E-state index is 0.227. The van der Waals surface area contributed by atoms with Gasteiger partial charge in [-0.25, -0.2) is 0 Å². The van der Waals surface area contributed by atoms with Gasteiger partial charge in [-0.15, -0.1) is 11.6 Å². The lowest BCUT2D eigenvalue weighted by Gasteiger charge is -2.22. The van der Waals surface area contributed by atoms with Crippen LogP contribution in [0, 0.1) is 13.8 Å². The summed E-state index contributed by atoms with van der Waals surface area (Å²) in [6, 6.07) is 4.67. The maximum Gasteiger partial charge on any atom is 0.0348 e. The molecule has 0 heterocycles. The molecule has 0 amide bonds. The maximum atomic E-state index is 5.65. The topological polar surface area (TPSA) is 12.0 Å². The Morgan fingerprint density at radius 3 is 2.06 bits per heavy atom. The molecule has 1 nitrogen and oxygen atoms in total. The molecule has 0 aliphatic rings. The summed E-state index contributed by atoms with van der Waals surface area (Å²) in [6.45, 7) is 13.1. The van der Waals surface area contributed by atoms with Crippen molar-refractivity contribution in [3.63, 3.8) is 0 Å². The van der Waals surface area contributed by atoms with Crippen LogP contribution in [-0.2, 0) is 11.8 Å². The monoisotopic (exact) mass is 267 g/mol. The van der Waals surface area contributed by atoms with Gasteiger partial charge in [-0.05, 0) is 54.5 Å². The Labute approximate surface area is 117 Å². The summed E-state index contributed by atoms with van der Waals surface area (Å²) in [7, 11) is 0. The van der Waals surface area contributed by atoms with Crippen LogP contribution in [-0.4, -0.2) is 19.0 Å². The van der Waals surface area contributed by atoms with Gasteiger partial charge in [0.1, 0.15) is 0 Å². The van der Waals surface area contributed by atoms with E-state index in [2.05, 4.69) is 52.1 Å². The molecule has 2 heteroatoms. The van der Waals surface area contributed by atoms with Crippen molar-refractivity contribution in [1.82, 2.24) is 5.32 Å². The Hall–Kier alpha value is -0.530. The highest BCUT2D eigenvalue weighted by molar-refractivity contribution is 6.18. The fourth-order valence-electron chi connectivity index (χ4n) is 2.23. The lowest BCUT2D eigenvalue weighted by atomic mass is 9.83. The van der Waals surface area contributed by atoms with Crippen LogP contribution in [0.4, 0.5) is 0 Å². The van der Waals surface area contributed by atoms with Gasteiger partial charge in [0, 0.05) is 12.4 Å². The molecule has 0 atom stereocenters. The van der Waals surface area contributed by atoms with Crippen molar-refractivity contribution < 1.29 is 0 Å². The normalized spacial score (nSPS) is 11.9. The molecule has 1 rings (SSSR count). The van der Waals surface area contributed by atoms with Crippen LogP contribution in [0.2, 0.25) is 0 Å². The molecule has 0 aliphatic carbocycles. The van der Waals surface area contributed by atoms with E-state index in [1.165, 1.54) is 22.3 Å². The number of benzene rings is 1. The second-order valence-corrected chi connectivity index (χ2v) is 6.41. The molecule has 18 heavy (non-hydrogen) atoms. The van der Waals surface area contributed by atoms with Crippen molar-refractivity contribution in [2.45, 2.75) is 46.5 Å². The number of alkyl halides is 1. The number of halogens is 1. The third-order valence-electron chi connectivity index (χ3n) is 3.39. The van der Waals surface area contributed by atoms with Crippen LogP contribution in [0.1, 0.15) is 43.0 Å². The van der Waals surface area contributed by atoms with E-state index >= 15 is 0 Å². The average molecular weight is 268 g/mol. The van der Waals surface area contributed by atoms with E-state index in [1.807, 2.05) is 0 Å².